The van der Waals surface area contributed by atoms with Gasteiger partial charge in [0.25, 0.3) is 5.91 Å². The molecule has 2 aliphatic heterocycles. The average molecular weight is 344 g/mol. The van der Waals surface area contributed by atoms with Gasteiger partial charge in [-0.1, -0.05) is 0 Å². The molecule has 2 fully saturated rings. The number of amides is 1. The second-order valence-electron chi connectivity index (χ2n) is 5.66. The van der Waals surface area contributed by atoms with Crippen LogP contribution in [0.3, 0.4) is 0 Å². The molecule has 8 nitrogen and oxygen atoms in total. The molecule has 0 radical (unpaired) electrons. The molecule has 126 valence electrons. The third-order valence-corrected chi connectivity index (χ3v) is 5.38. The highest BCUT2D eigenvalue weighted by Crippen LogP contribution is 2.37. The summed E-state index contributed by atoms with van der Waals surface area (Å²) in [6.07, 6.45) is 1.51. The number of aromatic hydroxyl groups is 1. The van der Waals surface area contributed by atoms with E-state index in [0.717, 1.165) is 18.9 Å². The van der Waals surface area contributed by atoms with Gasteiger partial charge in [0.05, 0.1) is 0 Å². The fourth-order valence-electron chi connectivity index (χ4n) is 2.80. The lowest BCUT2D eigenvalue weighted by molar-refractivity contribution is -0.117. The predicted octanol–water partition coefficient (Wildman–Crippen LogP) is -0.360. The van der Waals surface area contributed by atoms with Crippen molar-refractivity contribution in [3.05, 3.63) is 17.9 Å². The Hall–Kier alpha value is -2.07. The number of piperidine rings is 1. The lowest BCUT2D eigenvalue weighted by Gasteiger charge is -2.32. The summed E-state index contributed by atoms with van der Waals surface area (Å²) in [6.45, 7) is 0.688. The molecule has 2 heterocycles. The van der Waals surface area contributed by atoms with E-state index in [1.807, 2.05) is 4.90 Å². The maximum absolute atomic E-state index is 14.4. The van der Waals surface area contributed by atoms with Crippen LogP contribution in [-0.4, -0.2) is 45.1 Å². The van der Waals surface area contributed by atoms with Crippen LogP contribution in [0.1, 0.15) is 12.8 Å². The summed E-state index contributed by atoms with van der Waals surface area (Å²) >= 11 is 0. The van der Waals surface area contributed by atoms with Crippen molar-refractivity contribution in [3.63, 3.8) is 0 Å². The molecule has 0 aliphatic carbocycles. The van der Waals surface area contributed by atoms with E-state index in [1.165, 1.54) is 6.07 Å². The highest BCUT2D eigenvalue weighted by molar-refractivity contribution is 7.92. The molecule has 2 aliphatic rings. The molecule has 10 heteroatoms. The third-order valence-electron chi connectivity index (χ3n) is 4.00. The van der Waals surface area contributed by atoms with Gasteiger partial charge in [-0.2, -0.15) is 8.42 Å². The molecular weight excluding hydrogens is 327 g/mol. The Morgan fingerprint density at radius 2 is 1.96 bits per heavy atom. The van der Waals surface area contributed by atoms with E-state index >= 15 is 0 Å². The number of hydrogen-bond acceptors (Lipinski definition) is 6. The van der Waals surface area contributed by atoms with Crippen LogP contribution in [0.5, 0.6) is 5.75 Å². The smallest absolute Gasteiger partial charge is 0.326 e. The summed E-state index contributed by atoms with van der Waals surface area (Å²) in [7, 11) is -4.18. The predicted molar refractivity (Wildman–Crippen MR) is 81.9 cm³/mol. The van der Waals surface area contributed by atoms with Crippen molar-refractivity contribution < 1.29 is 22.7 Å². The lowest BCUT2D eigenvalue weighted by atomic mass is 10.1. The molecule has 0 bridgehead atoms. The molecule has 0 spiro atoms. The van der Waals surface area contributed by atoms with Crippen molar-refractivity contribution in [2.45, 2.75) is 18.9 Å². The molecule has 4 N–H and O–H groups in total. The number of carbonyl (C=O) groups excluding carboxylic acids is 1. The summed E-state index contributed by atoms with van der Waals surface area (Å²) < 4.78 is 40.3. The second-order valence-corrected chi connectivity index (χ2v) is 7.25. The minimum Gasteiger partial charge on any atom is -0.506 e. The van der Waals surface area contributed by atoms with Crippen molar-refractivity contribution >= 4 is 27.5 Å². The maximum atomic E-state index is 14.4. The van der Waals surface area contributed by atoms with E-state index in [4.69, 9.17) is 5.73 Å². The van der Waals surface area contributed by atoms with E-state index < -0.39 is 39.9 Å². The van der Waals surface area contributed by atoms with Gasteiger partial charge in [0.15, 0.2) is 5.82 Å². The zero-order valence-corrected chi connectivity index (χ0v) is 13.0. The first-order valence-corrected chi connectivity index (χ1v) is 8.58. The van der Waals surface area contributed by atoms with Crippen molar-refractivity contribution in [2.75, 3.05) is 28.8 Å². The minimum atomic E-state index is -4.18. The zero-order chi connectivity index (χ0) is 16.8. The van der Waals surface area contributed by atoms with Crippen LogP contribution < -0.4 is 19.7 Å². The first kappa shape index (κ1) is 15.8. The molecule has 3 rings (SSSR count). The van der Waals surface area contributed by atoms with Crippen LogP contribution in [-0.2, 0) is 15.0 Å². The zero-order valence-electron chi connectivity index (χ0n) is 12.2. The number of phenolic OH excluding ortho intramolecular Hbond substituents is 1. The Morgan fingerprint density at radius 3 is 2.48 bits per heavy atom. The quantitative estimate of drug-likeness (QED) is 0.675. The van der Waals surface area contributed by atoms with Gasteiger partial charge in [-0.25, -0.2) is 13.4 Å². The number of halogens is 1. The van der Waals surface area contributed by atoms with E-state index in [0.29, 0.717) is 23.1 Å². The fraction of sp³-hybridized carbons (Fsp3) is 0.462. The van der Waals surface area contributed by atoms with Crippen LogP contribution in [0.2, 0.25) is 0 Å². The van der Waals surface area contributed by atoms with Crippen molar-refractivity contribution in [1.29, 1.82) is 0 Å². The number of hydrogen-bond donors (Lipinski definition) is 3. The van der Waals surface area contributed by atoms with Crippen LogP contribution in [0.4, 0.5) is 15.8 Å². The third kappa shape index (κ3) is 2.91. The van der Waals surface area contributed by atoms with E-state index in [-0.39, 0.29) is 6.04 Å². The molecule has 2 saturated heterocycles. The molecule has 0 atom stereocenters. The SMILES string of the molecule is NC1CCN(c2cc(O)c(N3CC(=O)NS3(=O)=O)c(F)c2)CC1. The summed E-state index contributed by atoms with van der Waals surface area (Å²) in [5, 5.41) is 10.1. The number of benzene rings is 1. The van der Waals surface area contributed by atoms with Gasteiger partial charge in [0.2, 0.25) is 0 Å². The first-order chi connectivity index (χ1) is 10.8. The van der Waals surface area contributed by atoms with Gasteiger partial charge in [-0.3, -0.25) is 4.79 Å². The van der Waals surface area contributed by atoms with Gasteiger partial charge in [-0.15, -0.1) is 0 Å². The molecular formula is C13H17FN4O4S. The standard InChI is InChI=1S/C13H17FN4O4S/c14-10-5-9(17-3-1-8(15)2-4-17)6-11(19)13(10)18-7-12(20)16-23(18,21)22/h5-6,8,19H,1-4,7,15H2,(H,16,20). The van der Waals surface area contributed by atoms with Crippen molar-refractivity contribution in [2.24, 2.45) is 5.73 Å². The molecule has 0 saturated carbocycles. The first-order valence-electron chi connectivity index (χ1n) is 7.14. The fourth-order valence-corrected chi connectivity index (χ4v) is 3.97. The van der Waals surface area contributed by atoms with Crippen molar-refractivity contribution in [1.82, 2.24) is 4.72 Å². The van der Waals surface area contributed by atoms with Crippen LogP contribution in [0.25, 0.3) is 0 Å². The van der Waals surface area contributed by atoms with E-state index in [9.17, 15) is 22.7 Å². The minimum absolute atomic E-state index is 0.107. The van der Waals surface area contributed by atoms with Crippen molar-refractivity contribution in [3.8, 4) is 5.75 Å². The van der Waals surface area contributed by atoms with Gasteiger partial charge in [-0.05, 0) is 18.9 Å². The molecule has 1 aromatic carbocycles. The van der Waals surface area contributed by atoms with Crippen LogP contribution >= 0.6 is 0 Å². The highest BCUT2D eigenvalue weighted by Gasteiger charge is 2.37. The normalized spacial score (nSPS) is 21.6. The molecule has 1 amide bonds. The second kappa shape index (κ2) is 5.53. The Morgan fingerprint density at radius 1 is 1.30 bits per heavy atom. The number of phenols is 1. The van der Waals surface area contributed by atoms with E-state index in [2.05, 4.69) is 0 Å². The molecule has 1 aromatic rings. The Bertz CT molecular complexity index is 723. The maximum Gasteiger partial charge on any atom is 0.326 e. The Balaban J connectivity index is 1.94. The number of nitrogens with two attached hydrogens (primary N) is 1. The number of rotatable bonds is 2. The highest BCUT2D eigenvalue weighted by atomic mass is 32.2. The summed E-state index contributed by atoms with van der Waals surface area (Å²) in [4.78, 5) is 13.1. The van der Waals surface area contributed by atoms with Gasteiger partial charge in [0, 0.05) is 30.9 Å². The average Bonchev–Trinajstić information content (AvgIpc) is 2.71. The van der Waals surface area contributed by atoms with Gasteiger partial charge >= 0.3 is 10.2 Å². The number of carbonyl (C=O) groups is 1. The lowest BCUT2D eigenvalue weighted by Crippen LogP contribution is -2.39. The monoisotopic (exact) mass is 344 g/mol. The Labute approximate surface area is 132 Å². The number of anilines is 2. The largest absolute Gasteiger partial charge is 0.506 e. The van der Waals surface area contributed by atoms with Crippen LogP contribution in [0.15, 0.2) is 12.1 Å². The molecule has 0 unspecified atom stereocenters. The van der Waals surface area contributed by atoms with Gasteiger partial charge in [0.1, 0.15) is 18.0 Å². The summed E-state index contributed by atoms with van der Waals surface area (Å²) in [6, 6.07) is 2.56. The number of nitrogens with zero attached hydrogens (tertiary/aromatic N) is 2. The number of nitrogens with one attached hydrogen (secondary N) is 1. The summed E-state index contributed by atoms with van der Waals surface area (Å²) in [5.41, 5.74) is 5.75. The van der Waals surface area contributed by atoms with E-state index in [1.54, 1.807) is 4.72 Å². The molecule has 0 aromatic heterocycles. The topological polar surface area (TPSA) is 116 Å². The van der Waals surface area contributed by atoms with Crippen LogP contribution in [0, 0.1) is 5.82 Å². The van der Waals surface area contributed by atoms with Gasteiger partial charge < -0.3 is 15.7 Å². The Kier molecular flexibility index (Phi) is 3.80. The molecule has 23 heavy (non-hydrogen) atoms. The summed E-state index contributed by atoms with van der Waals surface area (Å²) in [5.74, 6) is -2.22.